The van der Waals surface area contributed by atoms with Gasteiger partial charge in [0.1, 0.15) is 5.82 Å². The zero-order valence-corrected chi connectivity index (χ0v) is 10.7. The Morgan fingerprint density at radius 2 is 1.95 bits per heavy atom. The first-order chi connectivity index (χ1) is 9.22. The standard InChI is InChI=1S/C14H11ClFNO2/c15-10-1-3-12(16)9(5-10)7-17-11-2-4-13-14(6-11)19-8-18-13/h1-6,17H,7-8H2. The van der Waals surface area contributed by atoms with Crippen LogP contribution >= 0.6 is 11.6 Å². The molecule has 1 heterocycles. The molecule has 0 aliphatic carbocycles. The lowest BCUT2D eigenvalue weighted by molar-refractivity contribution is 0.174. The van der Waals surface area contributed by atoms with Crippen molar-refractivity contribution in [2.45, 2.75) is 6.54 Å². The summed E-state index contributed by atoms with van der Waals surface area (Å²) in [5.41, 5.74) is 1.36. The summed E-state index contributed by atoms with van der Waals surface area (Å²) < 4.78 is 24.0. The van der Waals surface area contributed by atoms with Crippen molar-refractivity contribution in [3.05, 3.63) is 52.8 Å². The summed E-state index contributed by atoms with van der Waals surface area (Å²) in [5.74, 6) is 1.13. The molecule has 0 atom stereocenters. The minimum Gasteiger partial charge on any atom is -0.454 e. The fraction of sp³-hybridized carbons (Fsp3) is 0.143. The highest BCUT2D eigenvalue weighted by Crippen LogP contribution is 2.34. The Bertz CT molecular complexity index is 618. The highest BCUT2D eigenvalue weighted by atomic mass is 35.5. The van der Waals surface area contributed by atoms with Crippen molar-refractivity contribution < 1.29 is 13.9 Å². The minimum absolute atomic E-state index is 0.238. The van der Waals surface area contributed by atoms with Gasteiger partial charge >= 0.3 is 0 Å². The van der Waals surface area contributed by atoms with E-state index in [0.717, 1.165) is 11.4 Å². The topological polar surface area (TPSA) is 30.5 Å². The average Bonchev–Trinajstić information content (AvgIpc) is 2.87. The first-order valence-corrected chi connectivity index (χ1v) is 6.17. The predicted octanol–water partition coefficient (Wildman–Crippen LogP) is 3.82. The van der Waals surface area contributed by atoms with E-state index in [1.807, 2.05) is 18.2 Å². The number of hydrogen-bond donors (Lipinski definition) is 1. The Balaban J connectivity index is 1.74. The number of fused-ring (bicyclic) bond motifs is 1. The summed E-state index contributed by atoms with van der Waals surface area (Å²) in [4.78, 5) is 0. The Hall–Kier alpha value is -1.94. The molecule has 98 valence electrons. The summed E-state index contributed by atoms with van der Waals surface area (Å²) in [6, 6.07) is 10.00. The van der Waals surface area contributed by atoms with Crippen LogP contribution in [0.25, 0.3) is 0 Å². The van der Waals surface area contributed by atoms with Crippen LogP contribution in [0, 0.1) is 5.82 Å². The van der Waals surface area contributed by atoms with Crippen molar-refractivity contribution in [2.75, 3.05) is 12.1 Å². The molecule has 3 nitrogen and oxygen atoms in total. The second-order valence-corrected chi connectivity index (χ2v) is 4.59. The number of benzene rings is 2. The van der Waals surface area contributed by atoms with Crippen molar-refractivity contribution in [3.63, 3.8) is 0 Å². The largest absolute Gasteiger partial charge is 0.454 e. The molecular formula is C14H11ClFNO2. The lowest BCUT2D eigenvalue weighted by atomic mass is 10.2. The minimum atomic E-state index is -0.280. The second kappa shape index (κ2) is 4.97. The van der Waals surface area contributed by atoms with Crippen LogP contribution in [0.15, 0.2) is 36.4 Å². The zero-order chi connectivity index (χ0) is 13.2. The number of nitrogens with one attached hydrogen (secondary N) is 1. The maximum Gasteiger partial charge on any atom is 0.231 e. The van der Waals surface area contributed by atoms with Crippen molar-refractivity contribution in [1.29, 1.82) is 0 Å². The molecular weight excluding hydrogens is 269 g/mol. The van der Waals surface area contributed by atoms with Gasteiger partial charge in [0.2, 0.25) is 6.79 Å². The molecule has 3 rings (SSSR count). The van der Waals surface area contributed by atoms with Crippen LogP contribution in [0.5, 0.6) is 11.5 Å². The van der Waals surface area contributed by atoms with E-state index in [1.54, 1.807) is 6.07 Å². The molecule has 0 fully saturated rings. The molecule has 0 bridgehead atoms. The van der Waals surface area contributed by atoms with Gasteiger partial charge in [0.25, 0.3) is 0 Å². The maximum absolute atomic E-state index is 13.5. The van der Waals surface area contributed by atoms with Gasteiger partial charge in [-0.15, -0.1) is 0 Å². The third-order valence-corrected chi connectivity index (χ3v) is 3.10. The Morgan fingerprint density at radius 3 is 2.84 bits per heavy atom. The van der Waals surface area contributed by atoms with Crippen molar-refractivity contribution in [2.24, 2.45) is 0 Å². The van der Waals surface area contributed by atoms with Crippen LogP contribution in [0.1, 0.15) is 5.56 Å². The molecule has 0 unspecified atom stereocenters. The molecule has 0 saturated carbocycles. The maximum atomic E-state index is 13.5. The third kappa shape index (κ3) is 2.58. The van der Waals surface area contributed by atoms with Gasteiger partial charge in [-0.1, -0.05) is 11.6 Å². The first kappa shape index (κ1) is 12.1. The molecule has 0 saturated heterocycles. The van der Waals surface area contributed by atoms with E-state index >= 15 is 0 Å². The number of hydrogen-bond acceptors (Lipinski definition) is 3. The van der Waals surface area contributed by atoms with Crippen LogP contribution in [-0.2, 0) is 6.54 Å². The summed E-state index contributed by atoms with van der Waals surface area (Å²) >= 11 is 5.84. The molecule has 0 radical (unpaired) electrons. The predicted molar refractivity (Wildman–Crippen MR) is 71.3 cm³/mol. The summed E-state index contributed by atoms with van der Waals surface area (Å²) in [5, 5.41) is 3.64. The second-order valence-electron chi connectivity index (χ2n) is 4.16. The van der Waals surface area contributed by atoms with Gasteiger partial charge in [-0.3, -0.25) is 0 Å². The van der Waals surface area contributed by atoms with E-state index in [9.17, 15) is 4.39 Å². The summed E-state index contributed by atoms with van der Waals surface area (Å²) in [7, 11) is 0. The Kier molecular flexibility index (Phi) is 3.17. The molecule has 0 amide bonds. The normalized spacial score (nSPS) is 12.5. The van der Waals surface area contributed by atoms with E-state index in [2.05, 4.69) is 5.32 Å². The van der Waals surface area contributed by atoms with E-state index in [0.29, 0.717) is 22.9 Å². The van der Waals surface area contributed by atoms with Crippen LogP contribution in [0.4, 0.5) is 10.1 Å². The summed E-state index contributed by atoms with van der Waals surface area (Å²) in [6.07, 6.45) is 0. The number of anilines is 1. The van der Waals surface area contributed by atoms with Crippen molar-refractivity contribution >= 4 is 17.3 Å². The average molecular weight is 280 g/mol. The van der Waals surface area contributed by atoms with Crippen molar-refractivity contribution in [1.82, 2.24) is 0 Å². The molecule has 1 aliphatic rings. The zero-order valence-electron chi connectivity index (χ0n) is 9.95. The third-order valence-electron chi connectivity index (χ3n) is 2.86. The lowest BCUT2D eigenvalue weighted by Crippen LogP contribution is -2.01. The van der Waals surface area contributed by atoms with E-state index in [4.69, 9.17) is 21.1 Å². The highest BCUT2D eigenvalue weighted by molar-refractivity contribution is 6.30. The lowest BCUT2D eigenvalue weighted by Gasteiger charge is -2.08. The van der Waals surface area contributed by atoms with E-state index in [1.165, 1.54) is 12.1 Å². The van der Waals surface area contributed by atoms with Gasteiger partial charge in [-0.25, -0.2) is 4.39 Å². The molecule has 5 heteroatoms. The van der Waals surface area contributed by atoms with Gasteiger partial charge in [0, 0.05) is 28.9 Å². The van der Waals surface area contributed by atoms with Crippen LogP contribution in [0.2, 0.25) is 5.02 Å². The Labute approximate surface area is 114 Å². The fourth-order valence-electron chi connectivity index (χ4n) is 1.88. The van der Waals surface area contributed by atoms with Crippen LogP contribution in [-0.4, -0.2) is 6.79 Å². The highest BCUT2D eigenvalue weighted by Gasteiger charge is 2.13. The quantitative estimate of drug-likeness (QED) is 0.926. The molecule has 0 aromatic heterocycles. The van der Waals surface area contributed by atoms with E-state index < -0.39 is 0 Å². The molecule has 1 N–H and O–H groups in total. The first-order valence-electron chi connectivity index (χ1n) is 5.80. The van der Waals surface area contributed by atoms with Crippen LogP contribution in [0.3, 0.4) is 0 Å². The number of rotatable bonds is 3. The monoisotopic (exact) mass is 279 g/mol. The van der Waals surface area contributed by atoms with Gasteiger partial charge in [-0.05, 0) is 30.3 Å². The van der Waals surface area contributed by atoms with Crippen molar-refractivity contribution in [3.8, 4) is 11.5 Å². The van der Waals surface area contributed by atoms with Crippen LogP contribution < -0.4 is 14.8 Å². The van der Waals surface area contributed by atoms with Gasteiger partial charge in [0.15, 0.2) is 11.5 Å². The summed E-state index contributed by atoms with van der Waals surface area (Å²) in [6.45, 7) is 0.591. The fourth-order valence-corrected chi connectivity index (χ4v) is 2.08. The molecule has 2 aromatic carbocycles. The van der Waals surface area contributed by atoms with Gasteiger partial charge < -0.3 is 14.8 Å². The molecule has 2 aromatic rings. The van der Waals surface area contributed by atoms with E-state index in [-0.39, 0.29) is 12.6 Å². The number of ether oxygens (including phenoxy) is 2. The van der Waals surface area contributed by atoms with Gasteiger partial charge in [0.05, 0.1) is 0 Å². The molecule has 0 spiro atoms. The molecule has 1 aliphatic heterocycles. The smallest absolute Gasteiger partial charge is 0.231 e. The SMILES string of the molecule is Fc1ccc(Cl)cc1CNc1ccc2c(c1)OCO2. The Morgan fingerprint density at radius 1 is 1.11 bits per heavy atom. The molecule has 19 heavy (non-hydrogen) atoms. The van der Waals surface area contributed by atoms with Gasteiger partial charge in [-0.2, -0.15) is 0 Å². The number of halogens is 2.